The maximum absolute atomic E-state index is 13.1. The molecule has 1 N–H and O–H groups in total. The first-order valence-electron chi connectivity index (χ1n) is 8.00. The number of alkyl halides is 3. The molecule has 142 valence electrons. The van der Waals surface area contributed by atoms with Crippen LogP contribution < -0.4 is 19.5 Å². The van der Waals surface area contributed by atoms with E-state index >= 15 is 0 Å². The Morgan fingerprint density at radius 1 is 0.962 bits per heavy atom. The number of hydrogen-bond acceptors (Lipinski definition) is 4. The van der Waals surface area contributed by atoms with E-state index in [2.05, 4.69) is 5.32 Å². The van der Waals surface area contributed by atoms with Gasteiger partial charge in [0, 0.05) is 12.6 Å². The van der Waals surface area contributed by atoms with Gasteiger partial charge in [-0.3, -0.25) is 0 Å². The molecule has 26 heavy (non-hydrogen) atoms. The highest BCUT2D eigenvalue weighted by molar-refractivity contribution is 5.54. The third-order valence-corrected chi connectivity index (χ3v) is 4.11. The second-order valence-corrected chi connectivity index (χ2v) is 5.72. The van der Waals surface area contributed by atoms with Gasteiger partial charge >= 0.3 is 6.18 Å². The predicted molar refractivity (Wildman–Crippen MR) is 92.8 cm³/mol. The molecule has 7 heteroatoms. The molecule has 0 bridgehead atoms. The Balaban J connectivity index is 2.23. The van der Waals surface area contributed by atoms with E-state index in [1.165, 1.54) is 33.5 Å². The van der Waals surface area contributed by atoms with Gasteiger partial charge in [0.25, 0.3) is 0 Å². The molecule has 0 amide bonds. The molecule has 0 saturated heterocycles. The van der Waals surface area contributed by atoms with Gasteiger partial charge in [0.1, 0.15) is 0 Å². The largest absolute Gasteiger partial charge is 0.493 e. The molecule has 4 nitrogen and oxygen atoms in total. The molecule has 0 radical (unpaired) electrons. The van der Waals surface area contributed by atoms with E-state index in [4.69, 9.17) is 14.2 Å². The highest BCUT2D eigenvalue weighted by atomic mass is 19.4. The van der Waals surface area contributed by atoms with Gasteiger partial charge in [-0.25, -0.2) is 0 Å². The normalized spacial score (nSPS) is 12.6. The second-order valence-electron chi connectivity index (χ2n) is 5.72. The van der Waals surface area contributed by atoms with Gasteiger partial charge in [-0.05, 0) is 36.2 Å². The van der Waals surface area contributed by atoms with Crippen LogP contribution in [0.2, 0.25) is 0 Å². The first-order chi connectivity index (χ1) is 12.3. The molecule has 0 spiro atoms. The van der Waals surface area contributed by atoms with Crippen LogP contribution in [0.4, 0.5) is 13.2 Å². The van der Waals surface area contributed by atoms with E-state index in [0.29, 0.717) is 17.2 Å². The summed E-state index contributed by atoms with van der Waals surface area (Å²) in [6, 6.07) is 8.85. The average Bonchev–Trinajstić information content (AvgIpc) is 2.64. The van der Waals surface area contributed by atoms with E-state index in [9.17, 15) is 13.2 Å². The van der Waals surface area contributed by atoms with Crippen LogP contribution in [-0.2, 0) is 12.7 Å². The first-order valence-corrected chi connectivity index (χ1v) is 8.00. The van der Waals surface area contributed by atoms with Crippen LogP contribution >= 0.6 is 0 Å². The van der Waals surface area contributed by atoms with Crippen molar-refractivity contribution in [1.29, 1.82) is 0 Å². The Morgan fingerprint density at radius 2 is 1.54 bits per heavy atom. The second kappa shape index (κ2) is 8.31. The number of benzene rings is 2. The van der Waals surface area contributed by atoms with Crippen molar-refractivity contribution in [2.75, 3.05) is 21.3 Å². The topological polar surface area (TPSA) is 39.7 Å². The molecule has 2 rings (SSSR count). The lowest BCUT2D eigenvalue weighted by molar-refractivity contribution is -0.138. The number of ether oxygens (including phenoxy) is 3. The van der Waals surface area contributed by atoms with Gasteiger partial charge in [0.15, 0.2) is 11.5 Å². The molecule has 0 fully saturated rings. The van der Waals surface area contributed by atoms with Crippen LogP contribution in [-0.4, -0.2) is 21.3 Å². The van der Waals surface area contributed by atoms with E-state index in [0.717, 1.165) is 11.6 Å². The number of methoxy groups -OCH3 is 3. The fourth-order valence-electron chi connectivity index (χ4n) is 2.68. The zero-order valence-corrected chi connectivity index (χ0v) is 15.1. The van der Waals surface area contributed by atoms with Gasteiger partial charge in [-0.1, -0.05) is 18.2 Å². The zero-order chi connectivity index (χ0) is 19.3. The molecule has 2 aromatic rings. The van der Waals surface area contributed by atoms with Crippen molar-refractivity contribution >= 4 is 0 Å². The fraction of sp³-hybridized carbons (Fsp3) is 0.368. The Labute approximate surface area is 150 Å². The Morgan fingerprint density at radius 3 is 2.04 bits per heavy atom. The van der Waals surface area contributed by atoms with Crippen molar-refractivity contribution in [3.8, 4) is 17.2 Å². The minimum Gasteiger partial charge on any atom is -0.493 e. The molecule has 1 unspecified atom stereocenters. The summed E-state index contributed by atoms with van der Waals surface area (Å²) in [5.41, 5.74) is 0.368. The summed E-state index contributed by atoms with van der Waals surface area (Å²) in [6.45, 7) is 1.93. The molecule has 0 aromatic heterocycles. The zero-order valence-electron chi connectivity index (χ0n) is 15.1. The summed E-state index contributed by atoms with van der Waals surface area (Å²) in [4.78, 5) is 0. The van der Waals surface area contributed by atoms with Crippen molar-refractivity contribution in [2.24, 2.45) is 0 Å². The lowest BCUT2D eigenvalue weighted by Crippen LogP contribution is -2.21. The smallest absolute Gasteiger partial charge is 0.416 e. The van der Waals surface area contributed by atoms with E-state index in [1.807, 2.05) is 6.92 Å². The molecule has 0 aliphatic heterocycles. The minimum atomic E-state index is -4.38. The van der Waals surface area contributed by atoms with Crippen molar-refractivity contribution in [3.05, 3.63) is 53.1 Å². The highest BCUT2D eigenvalue weighted by Crippen LogP contribution is 2.39. The van der Waals surface area contributed by atoms with E-state index in [1.54, 1.807) is 18.2 Å². The van der Waals surface area contributed by atoms with Gasteiger partial charge in [-0.15, -0.1) is 0 Å². The quantitative estimate of drug-likeness (QED) is 0.775. The SMILES string of the molecule is COc1cc(C(C)NCc2ccccc2C(F)(F)F)cc(OC)c1OC. The Bertz CT molecular complexity index is 722. The number of halogens is 3. The molecular formula is C19H22F3NO3. The van der Waals surface area contributed by atoms with Crippen LogP contribution in [0.5, 0.6) is 17.2 Å². The predicted octanol–water partition coefficient (Wildman–Crippen LogP) is 4.58. The summed E-state index contributed by atoms with van der Waals surface area (Å²) in [7, 11) is 4.54. The maximum Gasteiger partial charge on any atom is 0.416 e. The highest BCUT2D eigenvalue weighted by Gasteiger charge is 2.32. The molecule has 0 aliphatic rings. The Kier molecular flexibility index (Phi) is 6.37. The number of nitrogens with one attached hydrogen (secondary N) is 1. The molecule has 2 aromatic carbocycles. The molecule has 1 atom stereocenters. The minimum absolute atomic E-state index is 0.0769. The molecule has 0 heterocycles. The maximum atomic E-state index is 13.1. The van der Waals surface area contributed by atoms with Gasteiger partial charge in [0.2, 0.25) is 5.75 Å². The lowest BCUT2D eigenvalue weighted by atomic mass is 10.0. The summed E-state index contributed by atoms with van der Waals surface area (Å²) in [6.07, 6.45) is -4.38. The molecule has 0 aliphatic carbocycles. The number of rotatable bonds is 7. The standard InChI is InChI=1S/C19H22F3NO3/c1-12(14-9-16(24-2)18(26-4)17(10-14)25-3)23-11-13-7-5-6-8-15(13)19(20,21)22/h5-10,12,23H,11H2,1-4H3. The van der Waals surface area contributed by atoms with Crippen molar-refractivity contribution in [2.45, 2.75) is 25.7 Å². The van der Waals surface area contributed by atoms with Crippen LogP contribution in [0.25, 0.3) is 0 Å². The van der Waals surface area contributed by atoms with E-state index in [-0.39, 0.29) is 18.2 Å². The van der Waals surface area contributed by atoms with Gasteiger partial charge < -0.3 is 19.5 Å². The third kappa shape index (κ3) is 4.40. The Hall–Kier alpha value is -2.41. The van der Waals surface area contributed by atoms with Crippen molar-refractivity contribution in [3.63, 3.8) is 0 Å². The summed E-state index contributed by atoms with van der Waals surface area (Å²) < 4.78 is 55.2. The van der Waals surface area contributed by atoms with Crippen LogP contribution in [0.1, 0.15) is 29.7 Å². The fourth-order valence-corrected chi connectivity index (χ4v) is 2.68. The van der Waals surface area contributed by atoms with Crippen LogP contribution in [0, 0.1) is 0 Å². The van der Waals surface area contributed by atoms with Crippen LogP contribution in [0.15, 0.2) is 36.4 Å². The van der Waals surface area contributed by atoms with Gasteiger partial charge in [0.05, 0.1) is 26.9 Å². The van der Waals surface area contributed by atoms with E-state index < -0.39 is 11.7 Å². The average molecular weight is 369 g/mol. The monoisotopic (exact) mass is 369 g/mol. The first kappa shape index (κ1) is 19.9. The van der Waals surface area contributed by atoms with Crippen molar-refractivity contribution in [1.82, 2.24) is 5.32 Å². The molecular weight excluding hydrogens is 347 g/mol. The summed E-state index contributed by atoms with van der Waals surface area (Å²) in [5, 5.41) is 3.12. The number of hydrogen-bond donors (Lipinski definition) is 1. The third-order valence-electron chi connectivity index (χ3n) is 4.11. The van der Waals surface area contributed by atoms with Crippen LogP contribution in [0.3, 0.4) is 0 Å². The van der Waals surface area contributed by atoms with Crippen molar-refractivity contribution < 1.29 is 27.4 Å². The summed E-state index contributed by atoms with van der Waals surface area (Å²) in [5.74, 6) is 1.45. The molecule has 0 saturated carbocycles. The summed E-state index contributed by atoms with van der Waals surface area (Å²) >= 11 is 0. The van der Waals surface area contributed by atoms with Gasteiger partial charge in [-0.2, -0.15) is 13.2 Å². The lowest BCUT2D eigenvalue weighted by Gasteiger charge is -2.20.